The zero-order valence-corrected chi connectivity index (χ0v) is 11.9. The smallest absolute Gasteiger partial charge is 0.127 e. The lowest BCUT2D eigenvalue weighted by atomic mass is 10.1. The quantitative estimate of drug-likeness (QED) is 0.915. The average Bonchev–Trinajstić information content (AvgIpc) is 2.67. The van der Waals surface area contributed by atoms with Gasteiger partial charge in [-0.15, -0.1) is 0 Å². The number of nitrogens with zero attached hydrogens (tertiary/aromatic N) is 2. The van der Waals surface area contributed by atoms with Gasteiger partial charge in [0.15, 0.2) is 0 Å². The Labute approximate surface area is 113 Å². The van der Waals surface area contributed by atoms with Crippen molar-refractivity contribution in [2.24, 2.45) is 11.7 Å². The second-order valence-electron chi connectivity index (χ2n) is 5.02. The molecule has 0 aliphatic heterocycles. The molecule has 0 spiro atoms. The number of aromatic nitrogens is 2. The van der Waals surface area contributed by atoms with Crippen molar-refractivity contribution >= 4 is 22.6 Å². The first-order valence-electron chi connectivity index (χ1n) is 6.45. The number of hydrogen-bond acceptors (Lipinski definition) is 2. The largest absolute Gasteiger partial charge is 0.327 e. The highest BCUT2D eigenvalue weighted by atomic mass is 35.5. The molecule has 4 heteroatoms. The van der Waals surface area contributed by atoms with Gasteiger partial charge in [-0.3, -0.25) is 0 Å². The maximum Gasteiger partial charge on any atom is 0.127 e. The van der Waals surface area contributed by atoms with Crippen molar-refractivity contribution in [2.45, 2.75) is 39.8 Å². The van der Waals surface area contributed by atoms with E-state index in [1.54, 1.807) is 0 Å². The molecule has 1 heterocycles. The normalized spacial score (nSPS) is 13.4. The van der Waals surface area contributed by atoms with E-state index >= 15 is 0 Å². The van der Waals surface area contributed by atoms with Gasteiger partial charge in [0.25, 0.3) is 0 Å². The Morgan fingerprint density at radius 3 is 2.72 bits per heavy atom. The Hall–Kier alpha value is -1.06. The van der Waals surface area contributed by atoms with Gasteiger partial charge >= 0.3 is 0 Å². The molecule has 0 aliphatic rings. The van der Waals surface area contributed by atoms with Gasteiger partial charge in [0.05, 0.1) is 17.1 Å². The predicted octanol–water partition coefficient (Wildman–Crippen LogP) is 3.76. The number of rotatable bonds is 4. The summed E-state index contributed by atoms with van der Waals surface area (Å²) in [7, 11) is 0. The maximum atomic E-state index is 6.25. The maximum absolute atomic E-state index is 6.25. The lowest BCUT2D eigenvalue weighted by molar-refractivity contribution is 0.467. The van der Waals surface area contributed by atoms with E-state index in [1.165, 1.54) is 0 Å². The summed E-state index contributed by atoms with van der Waals surface area (Å²) in [6, 6.07) is 5.76. The summed E-state index contributed by atoms with van der Waals surface area (Å²) >= 11 is 6.07. The van der Waals surface area contributed by atoms with Crippen LogP contribution in [0.1, 0.15) is 39.1 Å². The molecule has 3 nitrogen and oxygen atoms in total. The molecule has 1 atom stereocenters. The van der Waals surface area contributed by atoms with E-state index in [9.17, 15) is 0 Å². The third-order valence-corrected chi connectivity index (χ3v) is 3.44. The van der Waals surface area contributed by atoms with Gasteiger partial charge in [-0.1, -0.05) is 32.4 Å². The fraction of sp³-hybridized carbons (Fsp3) is 0.500. The number of hydrogen-bond donors (Lipinski definition) is 1. The van der Waals surface area contributed by atoms with E-state index in [4.69, 9.17) is 17.3 Å². The molecule has 1 aromatic heterocycles. The Bertz CT molecular complexity index is 545. The van der Waals surface area contributed by atoms with Crippen LogP contribution in [0.5, 0.6) is 0 Å². The minimum Gasteiger partial charge on any atom is -0.327 e. The number of imidazole rings is 1. The van der Waals surface area contributed by atoms with Crippen LogP contribution >= 0.6 is 11.6 Å². The molecule has 2 rings (SSSR count). The third kappa shape index (κ3) is 2.38. The van der Waals surface area contributed by atoms with Crippen molar-refractivity contribution in [3.63, 3.8) is 0 Å². The van der Waals surface area contributed by atoms with Gasteiger partial charge in [-0.25, -0.2) is 4.98 Å². The molecule has 18 heavy (non-hydrogen) atoms. The second-order valence-corrected chi connectivity index (χ2v) is 5.46. The molecule has 98 valence electrons. The van der Waals surface area contributed by atoms with Gasteiger partial charge in [0, 0.05) is 11.6 Å². The van der Waals surface area contributed by atoms with Crippen LogP contribution < -0.4 is 5.73 Å². The monoisotopic (exact) mass is 265 g/mol. The van der Waals surface area contributed by atoms with Crippen LogP contribution in [0, 0.1) is 5.92 Å². The summed E-state index contributed by atoms with van der Waals surface area (Å²) in [5.41, 5.74) is 8.30. The summed E-state index contributed by atoms with van der Waals surface area (Å²) in [5.74, 6) is 1.33. The molecule has 0 saturated carbocycles. The molecule has 0 bridgehead atoms. The minimum atomic E-state index is -0.0391. The third-order valence-electron chi connectivity index (χ3n) is 3.20. The molecule has 0 amide bonds. The Morgan fingerprint density at radius 1 is 1.39 bits per heavy atom. The number of fused-ring (bicyclic) bond motifs is 1. The lowest BCUT2D eigenvalue weighted by Gasteiger charge is -2.17. The SMILES string of the molecule is CCCn1c(C(N)C(C)C)nc2ccc(Cl)cc21. The van der Waals surface area contributed by atoms with Crippen molar-refractivity contribution in [1.82, 2.24) is 9.55 Å². The summed E-state index contributed by atoms with van der Waals surface area (Å²) < 4.78 is 2.20. The van der Waals surface area contributed by atoms with Crippen molar-refractivity contribution < 1.29 is 0 Å². The molecule has 2 N–H and O–H groups in total. The Balaban J connectivity index is 2.61. The molecule has 1 unspecified atom stereocenters. The van der Waals surface area contributed by atoms with Gasteiger partial charge in [-0.05, 0) is 30.5 Å². The van der Waals surface area contributed by atoms with Crippen LogP contribution in [0.2, 0.25) is 5.02 Å². The highest BCUT2D eigenvalue weighted by Crippen LogP contribution is 2.26. The fourth-order valence-corrected chi connectivity index (χ4v) is 2.29. The molecule has 0 fully saturated rings. The summed E-state index contributed by atoms with van der Waals surface area (Å²) in [6.07, 6.45) is 1.05. The molecular formula is C14H20ClN3. The van der Waals surface area contributed by atoms with E-state index in [1.807, 2.05) is 18.2 Å². The molecular weight excluding hydrogens is 246 g/mol. The van der Waals surface area contributed by atoms with E-state index in [2.05, 4.69) is 30.3 Å². The van der Waals surface area contributed by atoms with Gasteiger partial charge in [0.1, 0.15) is 5.82 Å². The van der Waals surface area contributed by atoms with Crippen LogP contribution in [0.4, 0.5) is 0 Å². The van der Waals surface area contributed by atoms with Gasteiger partial charge in [-0.2, -0.15) is 0 Å². The zero-order chi connectivity index (χ0) is 13.3. The topological polar surface area (TPSA) is 43.8 Å². The number of nitrogens with two attached hydrogens (primary N) is 1. The molecule has 0 aliphatic carbocycles. The number of benzene rings is 1. The van der Waals surface area contributed by atoms with Crippen LogP contribution in [0.15, 0.2) is 18.2 Å². The van der Waals surface area contributed by atoms with Gasteiger partial charge in [0.2, 0.25) is 0 Å². The molecule has 0 saturated heterocycles. The fourth-order valence-electron chi connectivity index (χ4n) is 2.13. The summed E-state index contributed by atoms with van der Waals surface area (Å²) in [6.45, 7) is 7.31. The molecule has 2 aromatic rings. The number of halogens is 1. The summed E-state index contributed by atoms with van der Waals surface area (Å²) in [4.78, 5) is 4.67. The van der Waals surface area contributed by atoms with E-state index < -0.39 is 0 Å². The predicted molar refractivity (Wildman–Crippen MR) is 76.8 cm³/mol. The highest BCUT2D eigenvalue weighted by molar-refractivity contribution is 6.31. The van der Waals surface area contributed by atoms with Crippen LogP contribution in [-0.2, 0) is 6.54 Å². The summed E-state index contributed by atoms with van der Waals surface area (Å²) in [5, 5.41) is 0.740. The average molecular weight is 266 g/mol. The van der Waals surface area contributed by atoms with Crippen molar-refractivity contribution in [3.8, 4) is 0 Å². The first kappa shape index (κ1) is 13.4. The zero-order valence-electron chi connectivity index (χ0n) is 11.2. The van der Waals surface area contributed by atoms with Crippen LogP contribution in [0.25, 0.3) is 11.0 Å². The van der Waals surface area contributed by atoms with E-state index in [-0.39, 0.29) is 6.04 Å². The van der Waals surface area contributed by atoms with Gasteiger partial charge < -0.3 is 10.3 Å². The first-order chi connectivity index (χ1) is 8.54. The highest BCUT2D eigenvalue weighted by Gasteiger charge is 2.19. The lowest BCUT2D eigenvalue weighted by Crippen LogP contribution is -2.21. The van der Waals surface area contributed by atoms with Crippen LogP contribution in [0.3, 0.4) is 0 Å². The first-order valence-corrected chi connectivity index (χ1v) is 6.83. The number of aryl methyl sites for hydroxylation is 1. The molecule has 1 aromatic carbocycles. The minimum absolute atomic E-state index is 0.0391. The molecule has 0 radical (unpaired) electrons. The van der Waals surface area contributed by atoms with Crippen molar-refractivity contribution in [1.29, 1.82) is 0 Å². The van der Waals surface area contributed by atoms with Crippen molar-refractivity contribution in [3.05, 3.63) is 29.0 Å². The van der Waals surface area contributed by atoms with Crippen molar-refractivity contribution in [2.75, 3.05) is 0 Å². The van der Waals surface area contributed by atoms with E-state index in [0.29, 0.717) is 5.92 Å². The standard InChI is InChI=1S/C14H20ClN3/c1-4-7-18-12-8-10(15)5-6-11(12)17-14(18)13(16)9(2)3/h5-6,8-9,13H,4,7,16H2,1-3H3. The Morgan fingerprint density at radius 2 is 2.11 bits per heavy atom. The van der Waals surface area contributed by atoms with E-state index in [0.717, 1.165) is 34.8 Å². The Kier molecular flexibility index (Phi) is 3.93. The van der Waals surface area contributed by atoms with Crippen LogP contribution in [-0.4, -0.2) is 9.55 Å². The second kappa shape index (κ2) is 5.29.